The van der Waals surface area contributed by atoms with Gasteiger partial charge in [0.1, 0.15) is 67.1 Å². The van der Waals surface area contributed by atoms with Crippen LogP contribution in [-0.2, 0) is 38.1 Å². The van der Waals surface area contributed by atoms with Crippen molar-refractivity contribution in [1.82, 2.24) is 10.6 Å². The largest absolute Gasteiger partial charge is 0.477 e. The number of carbonyl (C=O) groups excluding carboxylic acids is 2. The van der Waals surface area contributed by atoms with Crippen molar-refractivity contribution < 1.29 is 94.2 Å². The molecular formula is C25H42N2O19. The second-order valence-corrected chi connectivity index (χ2v) is 11.3. The molecule has 0 aromatic carbocycles. The average Bonchev–Trinajstić information content (AvgIpc) is 2.99. The molecule has 2 amide bonds. The molecule has 3 saturated heterocycles. The number of aliphatic hydroxyl groups is 10. The number of carboxylic acid groups (broad SMARTS) is 1. The molecule has 0 aromatic rings. The van der Waals surface area contributed by atoms with E-state index in [2.05, 4.69) is 10.6 Å². The number of hydrogen-bond donors (Lipinski definition) is 13. The Bertz CT molecular complexity index is 1050. The Balaban J connectivity index is 1.83. The molecule has 0 aromatic heterocycles. The first-order valence-electron chi connectivity index (χ1n) is 14.2. The fraction of sp³-hybridized carbons (Fsp3) is 0.880. The minimum Gasteiger partial charge on any atom is -0.477 e. The zero-order valence-electron chi connectivity index (χ0n) is 24.7. The third-order valence-corrected chi connectivity index (χ3v) is 7.87. The van der Waals surface area contributed by atoms with Crippen LogP contribution in [-0.4, -0.2) is 191 Å². The lowest BCUT2D eigenvalue weighted by Gasteiger charge is -2.48. The number of aliphatic hydroxyl groups excluding tert-OH is 10. The Hall–Kier alpha value is -2.19. The highest BCUT2D eigenvalue weighted by atomic mass is 16.8. The molecule has 0 radical (unpaired) electrons. The van der Waals surface area contributed by atoms with Gasteiger partial charge in [0.2, 0.25) is 11.8 Å². The normalized spacial score (nSPS) is 42.9. The third-order valence-electron chi connectivity index (χ3n) is 7.87. The fourth-order valence-corrected chi connectivity index (χ4v) is 5.46. The van der Waals surface area contributed by atoms with Gasteiger partial charge in [-0.1, -0.05) is 0 Å². The van der Waals surface area contributed by atoms with E-state index in [9.17, 15) is 70.6 Å². The number of ether oxygens (including phenoxy) is 5. The van der Waals surface area contributed by atoms with Crippen molar-refractivity contribution in [2.45, 2.75) is 118 Å². The van der Waals surface area contributed by atoms with Crippen molar-refractivity contribution in [2.24, 2.45) is 0 Å². The van der Waals surface area contributed by atoms with E-state index < -0.39 is 142 Å². The van der Waals surface area contributed by atoms with Crippen molar-refractivity contribution in [3.8, 4) is 0 Å². The molecule has 3 rings (SSSR count). The smallest absolute Gasteiger partial charge is 0.364 e. The van der Waals surface area contributed by atoms with Crippen LogP contribution in [0.4, 0.5) is 0 Å². The van der Waals surface area contributed by atoms with Gasteiger partial charge in [0.15, 0.2) is 12.6 Å². The maximum Gasteiger partial charge on any atom is 0.364 e. The van der Waals surface area contributed by atoms with E-state index in [-0.39, 0.29) is 0 Å². The molecule has 0 saturated carbocycles. The maximum absolute atomic E-state index is 12.4. The van der Waals surface area contributed by atoms with Gasteiger partial charge in [-0.15, -0.1) is 0 Å². The SMILES string of the molecule is CC(=O)NC1C(O)OC(CO)C(OC2OC(COC3(C(=O)O)CC(O)C(NC(C)=O)C([C@@H](O)[C@@H](O)CO)O3)C(O)C(O)C2O)C1O. The number of nitrogens with one attached hydrogen (secondary N) is 2. The van der Waals surface area contributed by atoms with E-state index in [0.717, 1.165) is 13.8 Å². The molecule has 3 aliphatic heterocycles. The number of rotatable bonds is 12. The molecule has 3 fully saturated rings. The zero-order chi connectivity index (χ0) is 34.7. The predicted molar refractivity (Wildman–Crippen MR) is 142 cm³/mol. The quantitative estimate of drug-likeness (QED) is 0.0913. The third kappa shape index (κ3) is 8.26. The molecule has 0 aliphatic carbocycles. The second-order valence-electron chi connectivity index (χ2n) is 11.3. The number of hydrogen-bond acceptors (Lipinski definition) is 18. The summed E-state index contributed by atoms with van der Waals surface area (Å²) in [5, 5.41) is 117. The fourth-order valence-electron chi connectivity index (χ4n) is 5.46. The van der Waals surface area contributed by atoms with Gasteiger partial charge in [0.25, 0.3) is 5.79 Å². The van der Waals surface area contributed by atoms with Crippen molar-refractivity contribution in [3.63, 3.8) is 0 Å². The number of aliphatic carboxylic acids is 1. The van der Waals surface area contributed by atoms with E-state index in [1.54, 1.807) is 0 Å². The van der Waals surface area contributed by atoms with Crippen molar-refractivity contribution in [3.05, 3.63) is 0 Å². The van der Waals surface area contributed by atoms with Crippen LogP contribution in [0.1, 0.15) is 20.3 Å². The van der Waals surface area contributed by atoms with Crippen LogP contribution in [0.2, 0.25) is 0 Å². The Morgan fingerprint density at radius 2 is 1.48 bits per heavy atom. The highest BCUT2D eigenvalue weighted by Crippen LogP contribution is 2.35. The van der Waals surface area contributed by atoms with Gasteiger partial charge < -0.3 is 90.5 Å². The van der Waals surface area contributed by atoms with Gasteiger partial charge in [-0.25, -0.2) is 4.79 Å². The Morgan fingerprint density at radius 1 is 0.870 bits per heavy atom. The molecule has 0 spiro atoms. The number of amides is 2. The van der Waals surface area contributed by atoms with Crippen LogP contribution in [0.3, 0.4) is 0 Å². The topological polar surface area (TPSA) is 344 Å². The van der Waals surface area contributed by atoms with E-state index >= 15 is 0 Å². The zero-order valence-corrected chi connectivity index (χ0v) is 24.7. The lowest BCUT2D eigenvalue weighted by Crippen LogP contribution is -2.69. The van der Waals surface area contributed by atoms with Gasteiger partial charge in [-0.2, -0.15) is 0 Å². The number of carboxylic acids is 1. The van der Waals surface area contributed by atoms with Crippen LogP contribution >= 0.6 is 0 Å². The van der Waals surface area contributed by atoms with Gasteiger partial charge >= 0.3 is 5.97 Å². The lowest BCUT2D eigenvalue weighted by atomic mass is 9.88. The van der Waals surface area contributed by atoms with Gasteiger partial charge in [0.05, 0.1) is 32.0 Å². The van der Waals surface area contributed by atoms with E-state index in [1.807, 2.05) is 0 Å². The van der Waals surface area contributed by atoms with Crippen LogP contribution in [0, 0.1) is 0 Å². The minimum absolute atomic E-state index is 0.677. The predicted octanol–water partition coefficient (Wildman–Crippen LogP) is -8.08. The standard InChI is InChI=1S/C25H42N2O19/c1-7(30)26-13-9(32)3-25(24(40)41,46-21(13)15(34)10(33)4-28)42-6-12-16(35)18(37)19(38)23(44-12)45-20-11(5-29)43-22(39)14(17(20)36)27-8(2)31/h9-23,28-29,32-39H,3-6H2,1-2H3,(H,26,30)(H,27,31)(H,40,41)/t9?,10-,11?,12?,13?,14?,15-,16?,17?,18?,19?,20?,21?,22?,23?,25?/m0/s1. The molecule has 266 valence electrons. The summed E-state index contributed by atoms with van der Waals surface area (Å²) in [6, 6.07) is -2.96. The van der Waals surface area contributed by atoms with Crippen LogP contribution in [0.5, 0.6) is 0 Å². The minimum atomic E-state index is -2.84. The van der Waals surface area contributed by atoms with Crippen molar-refractivity contribution in [1.29, 1.82) is 0 Å². The highest BCUT2D eigenvalue weighted by Gasteiger charge is 2.57. The molecule has 21 heteroatoms. The van der Waals surface area contributed by atoms with E-state index in [0.29, 0.717) is 0 Å². The Kier molecular flexibility index (Phi) is 13.1. The molecular weight excluding hydrogens is 632 g/mol. The molecule has 46 heavy (non-hydrogen) atoms. The molecule has 14 unspecified atom stereocenters. The Labute approximate surface area is 260 Å². The number of carbonyl (C=O) groups is 3. The summed E-state index contributed by atoms with van der Waals surface area (Å²) < 4.78 is 27.2. The molecule has 0 bridgehead atoms. The van der Waals surface area contributed by atoms with Gasteiger partial charge in [-0.05, 0) is 0 Å². The summed E-state index contributed by atoms with van der Waals surface area (Å²) in [6.45, 7) is -0.695. The summed E-state index contributed by atoms with van der Waals surface area (Å²) in [5.41, 5.74) is 0. The van der Waals surface area contributed by atoms with E-state index in [4.69, 9.17) is 23.7 Å². The summed E-state index contributed by atoms with van der Waals surface area (Å²) in [6.07, 6.45) is -24.9. The molecule has 3 aliphatic rings. The second kappa shape index (κ2) is 15.8. The van der Waals surface area contributed by atoms with Crippen molar-refractivity contribution in [2.75, 3.05) is 19.8 Å². The Morgan fingerprint density at radius 3 is 2.02 bits per heavy atom. The summed E-state index contributed by atoms with van der Waals surface area (Å²) >= 11 is 0. The summed E-state index contributed by atoms with van der Waals surface area (Å²) in [7, 11) is 0. The summed E-state index contributed by atoms with van der Waals surface area (Å²) in [4.78, 5) is 35.7. The first-order valence-corrected chi connectivity index (χ1v) is 14.2. The summed E-state index contributed by atoms with van der Waals surface area (Å²) in [5.74, 6) is -6.12. The molecule has 13 N–H and O–H groups in total. The first-order chi connectivity index (χ1) is 21.5. The monoisotopic (exact) mass is 674 g/mol. The lowest BCUT2D eigenvalue weighted by molar-refractivity contribution is -0.358. The van der Waals surface area contributed by atoms with Gasteiger partial charge in [-0.3, -0.25) is 9.59 Å². The van der Waals surface area contributed by atoms with Gasteiger partial charge in [0, 0.05) is 20.3 Å². The molecule has 16 atom stereocenters. The van der Waals surface area contributed by atoms with Crippen LogP contribution in [0.25, 0.3) is 0 Å². The molecule has 21 nitrogen and oxygen atoms in total. The van der Waals surface area contributed by atoms with Crippen LogP contribution < -0.4 is 10.6 Å². The maximum atomic E-state index is 12.4. The van der Waals surface area contributed by atoms with E-state index in [1.165, 1.54) is 0 Å². The van der Waals surface area contributed by atoms with Crippen molar-refractivity contribution >= 4 is 17.8 Å². The average molecular weight is 675 g/mol. The molecule has 3 heterocycles. The highest BCUT2D eigenvalue weighted by molar-refractivity contribution is 5.76. The first kappa shape index (κ1) is 38.3. The van der Waals surface area contributed by atoms with Crippen LogP contribution in [0.15, 0.2) is 0 Å².